The zero-order valence-corrected chi connectivity index (χ0v) is 12.5. The Morgan fingerprint density at radius 2 is 2.10 bits per heavy atom. The quantitative estimate of drug-likeness (QED) is 0.816. The first kappa shape index (κ1) is 14.2. The van der Waals surface area contributed by atoms with Crippen LogP contribution in [0.2, 0.25) is 0 Å². The number of carbonyl (C=O) groups is 1. The molecule has 0 fully saturated rings. The number of fused-ring (bicyclic) bond motifs is 1. The van der Waals surface area contributed by atoms with E-state index >= 15 is 0 Å². The molecule has 0 spiro atoms. The van der Waals surface area contributed by atoms with Gasteiger partial charge in [-0.25, -0.2) is 9.18 Å². The number of ether oxygens (including phenoxy) is 1. The molecule has 1 aliphatic heterocycles. The molecular weight excluding hydrogens is 289 g/mol. The molecule has 0 radical (unpaired) electrons. The van der Waals surface area contributed by atoms with Crippen LogP contribution in [0.5, 0.6) is 0 Å². The molecule has 0 amide bonds. The van der Waals surface area contributed by atoms with E-state index in [2.05, 4.69) is 16.3 Å². The number of methoxy groups -OCH3 is 1. The van der Waals surface area contributed by atoms with Crippen LogP contribution < -0.4 is 0 Å². The predicted octanol–water partition coefficient (Wildman–Crippen LogP) is 3.16. The number of rotatable bonds is 3. The third kappa shape index (κ3) is 2.84. The van der Waals surface area contributed by atoms with E-state index in [0.717, 1.165) is 25.1 Å². The molecule has 1 aromatic heterocycles. The third-order valence-corrected chi connectivity index (χ3v) is 4.84. The van der Waals surface area contributed by atoms with Gasteiger partial charge in [0.15, 0.2) is 0 Å². The first-order valence-corrected chi connectivity index (χ1v) is 7.69. The number of carbonyl (C=O) groups excluding carboxylic acids is 1. The first-order chi connectivity index (χ1) is 10.2. The van der Waals surface area contributed by atoms with Gasteiger partial charge in [-0.15, -0.1) is 11.3 Å². The van der Waals surface area contributed by atoms with Crippen LogP contribution in [-0.2, 0) is 22.5 Å². The Hall–Kier alpha value is -1.72. The van der Waals surface area contributed by atoms with Gasteiger partial charge in [0.05, 0.1) is 7.11 Å². The number of benzene rings is 1. The highest BCUT2D eigenvalue weighted by Crippen LogP contribution is 2.31. The Kier molecular flexibility index (Phi) is 4.03. The van der Waals surface area contributed by atoms with E-state index in [4.69, 9.17) is 4.74 Å². The maximum absolute atomic E-state index is 13.1. The number of hydrogen-bond acceptors (Lipinski definition) is 4. The van der Waals surface area contributed by atoms with Crippen molar-refractivity contribution in [2.75, 3.05) is 13.7 Å². The van der Waals surface area contributed by atoms with Gasteiger partial charge in [0, 0.05) is 18.0 Å². The molecule has 0 aliphatic carbocycles. The number of esters is 1. The summed E-state index contributed by atoms with van der Waals surface area (Å²) in [6.07, 6.45) is 0.932. The van der Waals surface area contributed by atoms with Crippen molar-refractivity contribution in [1.29, 1.82) is 0 Å². The summed E-state index contributed by atoms with van der Waals surface area (Å²) in [5, 5.41) is 2.08. The Morgan fingerprint density at radius 3 is 2.81 bits per heavy atom. The molecule has 1 atom stereocenters. The molecule has 0 N–H and O–H groups in total. The largest absolute Gasteiger partial charge is 0.468 e. The number of hydrogen-bond donors (Lipinski definition) is 0. The molecule has 0 saturated heterocycles. The zero-order chi connectivity index (χ0) is 14.8. The van der Waals surface area contributed by atoms with Crippen LogP contribution in [0.15, 0.2) is 35.7 Å². The number of nitrogens with zero attached hydrogens (tertiary/aromatic N) is 1. The first-order valence-electron chi connectivity index (χ1n) is 6.81. The van der Waals surface area contributed by atoms with Gasteiger partial charge in [-0.2, -0.15) is 0 Å². The summed E-state index contributed by atoms with van der Waals surface area (Å²) in [7, 11) is 1.39. The fourth-order valence-electron chi connectivity index (χ4n) is 2.74. The van der Waals surface area contributed by atoms with Gasteiger partial charge >= 0.3 is 5.97 Å². The van der Waals surface area contributed by atoms with E-state index in [1.165, 1.54) is 29.7 Å². The fraction of sp³-hybridized carbons (Fsp3) is 0.312. The lowest BCUT2D eigenvalue weighted by Crippen LogP contribution is -2.38. The van der Waals surface area contributed by atoms with Crippen LogP contribution in [0.25, 0.3) is 0 Å². The Bertz CT molecular complexity index is 638. The van der Waals surface area contributed by atoms with Crippen LogP contribution >= 0.6 is 11.3 Å². The molecule has 2 aromatic rings. The normalized spacial score (nSPS) is 16.3. The zero-order valence-electron chi connectivity index (χ0n) is 11.7. The van der Waals surface area contributed by atoms with Gasteiger partial charge in [-0.1, -0.05) is 12.1 Å². The van der Waals surface area contributed by atoms with Crippen molar-refractivity contribution in [3.63, 3.8) is 0 Å². The van der Waals surface area contributed by atoms with Crippen molar-refractivity contribution < 1.29 is 13.9 Å². The molecule has 0 bridgehead atoms. The van der Waals surface area contributed by atoms with Crippen molar-refractivity contribution >= 4 is 17.3 Å². The Morgan fingerprint density at radius 1 is 1.33 bits per heavy atom. The van der Waals surface area contributed by atoms with E-state index < -0.39 is 6.04 Å². The highest BCUT2D eigenvalue weighted by molar-refractivity contribution is 7.10. The molecule has 1 unspecified atom stereocenters. The SMILES string of the molecule is COC(=O)C(c1ccc(F)cc1)N1CCc2sccc2C1. The molecule has 110 valence electrons. The minimum atomic E-state index is -0.483. The van der Waals surface area contributed by atoms with E-state index in [-0.39, 0.29) is 11.8 Å². The molecule has 3 nitrogen and oxygen atoms in total. The highest BCUT2D eigenvalue weighted by Gasteiger charge is 2.31. The second-order valence-corrected chi connectivity index (χ2v) is 6.07. The van der Waals surface area contributed by atoms with Gasteiger partial charge < -0.3 is 4.74 Å². The fourth-order valence-corrected chi connectivity index (χ4v) is 3.63. The third-order valence-electron chi connectivity index (χ3n) is 3.81. The smallest absolute Gasteiger partial charge is 0.327 e. The van der Waals surface area contributed by atoms with Crippen LogP contribution in [0, 0.1) is 5.82 Å². The molecule has 21 heavy (non-hydrogen) atoms. The van der Waals surface area contributed by atoms with Crippen molar-refractivity contribution in [3.8, 4) is 0 Å². The van der Waals surface area contributed by atoms with E-state index in [0.29, 0.717) is 0 Å². The monoisotopic (exact) mass is 305 g/mol. The predicted molar refractivity (Wildman–Crippen MR) is 79.6 cm³/mol. The second kappa shape index (κ2) is 5.95. The minimum Gasteiger partial charge on any atom is -0.468 e. The van der Waals surface area contributed by atoms with Gasteiger partial charge in [0.2, 0.25) is 0 Å². The summed E-state index contributed by atoms with van der Waals surface area (Å²) in [6, 6.07) is 7.69. The van der Waals surface area contributed by atoms with E-state index in [1.54, 1.807) is 23.5 Å². The van der Waals surface area contributed by atoms with E-state index in [1.807, 2.05) is 0 Å². The summed E-state index contributed by atoms with van der Waals surface area (Å²) in [5.74, 6) is -0.610. The lowest BCUT2D eigenvalue weighted by molar-refractivity contribution is -0.147. The topological polar surface area (TPSA) is 29.5 Å². The van der Waals surface area contributed by atoms with Crippen LogP contribution in [0.1, 0.15) is 22.0 Å². The molecule has 3 rings (SSSR count). The van der Waals surface area contributed by atoms with E-state index in [9.17, 15) is 9.18 Å². The summed E-state index contributed by atoms with van der Waals surface area (Å²) in [6.45, 7) is 1.51. The van der Waals surface area contributed by atoms with Crippen molar-refractivity contribution in [3.05, 3.63) is 57.5 Å². The second-order valence-electron chi connectivity index (χ2n) is 5.07. The standard InChI is InChI=1S/C16H16FNO2S/c1-20-16(19)15(11-2-4-13(17)5-3-11)18-8-6-14-12(10-18)7-9-21-14/h2-5,7,9,15H,6,8,10H2,1H3. The average molecular weight is 305 g/mol. The molecule has 5 heteroatoms. The van der Waals surface area contributed by atoms with Gasteiger partial charge in [0.1, 0.15) is 11.9 Å². The van der Waals surface area contributed by atoms with Gasteiger partial charge in [0.25, 0.3) is 0 Å². The lowest BCUT2D eigenvalue weighted by Gasteiger charge is -2.33. The Labute approximate surface area is 127 Å². The summed E-state index contributed by atoms with van der Waals surface area (Å²) in [4.78, 5) is 15.7. The van der Waals surface area contributed by atoms with Crippen molar-refractivity contribution in [2.45, 2.75) is 19.0 Å². The maximum Gasteiger partial charge on any atom is 0.327 e. The summed E-state index contributed by atoms with van der Waals surface area (Å²) in [5.41, 5.74) is 2.03. The van der Waals surface area contributed by atoms with Crippen molar-refractivity contribution in [2.24, 2.45) is 0 Å². The van der Waals surface area contributed by atoms with Crippen LogP contribution in [0.4, 0.5) is 4.39 Å². The molecule has 1 aromatic carbocycles. The lowest BCUT2D eigenvalue weighted by atomic mass is 10.0. The summed E-state index contributed by atoms with van der Waals surface area (Å²) < 4.78 is 18.1. The van der Waals surface area contributed by atoms with Crippen LogP contribution in [0.3, 0.4) is 0 Å². The average Bonchev–Trinajstić information content (AvgIpc) is 2.97. The Balaban J connectivity index is 1.90. The molecule has 1 aliphatic rings. The number of halogens is 1. The van der Waals surface area contributed by atoms with Crippen molar-refractivity contribution in [1.82, 2.24) is 4.90 Å². The van der Waals surface area contributed by atoms with Gasteiger partial charge in [-0.05, 0) is 41.1 Å². The minimum absolute atomic E-state index is 0.305. The molecular formula is C16H16FNO2S. The highest BCUT2D eigenvalue weighted by atomic mass is 32.1. The number of thiophene rings is 1. The van der Waals surface area contributed by atoms with Crippen LogP contribution in [-0.4, -0.2) is 24.5 Å². The maximum atomic E-state index is 13.1. The molecule has 2 heterocycles. The molecule has 0 saturated carbocycles. The summed E-state index contributed by atoms with van der Waals surface area (Å²) >= 11 is 1.76. The van der Waals surface area contributed by atoms with Gasteiger partial charge in [-0.3, -0.25) is 4.90 Å².